The van der Waals surface area contributed by atoms with Gasteiger partial charge in [-0.3, -0.25) is 0 Å². The van der Waals surface area contributed by atoms with E-state index in [0.29, 0.717) is 11.5 Å². The van der Waals surface area contributed by atoms with Gasteiger partial charge in [-0.25, -0.2) is 9.78 Å². The molecule has 5 rings (SSSR count). The standard InChI is InChI=1S/C24H18BrNO2S/c1-13-8-15(11-17-10-14-6-7-16(25)12-21(14)29-17)23-19(9-13)22(24(27)28)18-4-2-3-5-20(18)26-23/h2-7,10-13H,8-9H2,1H3,(H,27,28)/b15-11+. The first-order chi connectivity index (χ1) is 14.0. The minimum absolute atomic E-state index is 0.373. The zero-order chi connectivity index (χ0) is 20.1. The molecule has 5 heteroatoms. The highest BCUT2D eigenvalue weighted by Crippen LogP contribution is 2.40. The van der Waals surface area contributed by atoms with Gasteiger partial charge in [0.1, 0.15) is 0 Å². The predicted molar refractivity (Wildman–Crippen MR) is 124 cm³/mol. The first kappa shape index (κ1) is 18.5. The van der Waals surface area contributed by atoms with Crippen molar-refractivity contribution >= 4 is 65.9 Å². The van der Waals surface area contributed by atoms with E-state index >= 15 is 0 Å². The molecule has 0 radical (unpaired) electrons. The first-order valence-corrected chi connectivity index (χ1v) is 11.2. The van der Waals surface area contributed by atoms with Gasteiger partial charge in [0, 0.05) is 19.4 Å². The Morgan fingerprint density at radius 2 is 2.03 bits per heavy atom. The van der Waals surface area contributed by atoms with Crippen molar-refractivity contribution in [2.75, 3.05) is 0 Å². The van der Waals surface area contributed by atoms with Crippen molar-refractivity contribution in [1.82, 2.24) is 4.98 Å². The molecule has 0 amide bonds. The number of rotatable bonds is 2. The van der Waals surface area contributed by atoms with Gasteiger partial charge in [-0.15, -0.1) is 11.3 Å². The van der Waals surface area contributed by atoms with Gasteiger partial charge < -0.3 is 5.11 Å². The second-order valence-corrected chi connectivity index (χ2v) is 9.68. The molecule has 2 heterocycles. The molecular weight excluding hydrogens is 446 g/mol. The Balaban J connectivity index is 1.73. The van der Waals surface area contributed by atoms with E-state index in [1.54, 1.807) is 11.3 Å². The van der Waals surface area contributed by atoms with Crippen LogP contribution in [0.25, 0.3) is 32.6 Å². The normalized spacial score (nSPS) is 17.7. The van der Waals surface area contributed by atoms with Crippen LogP contribution in [0, 0.1) is 5.92 Å². The van der Waals surface area contributed by atoms with Crippen LogP contribution in [0.5, 0.6) is 0 Å². The highest BCUT2D eigenvalue weighted by atomic mass is 79.9. The summed E-state index contributed by atoms with van der Waals surface area (Å²) in [4.78, 5) is 18.2. The van der Waals surface area contributed by atoms with Gasteiger partial charge in [-0.05, 0) is 65.6 Å². The lowest BCUT2D eigenvalue weighted by Crippen LogP contribution is -2.17. The molecule has 1 unspecified atom stereocenters. The van der Waals surface area contributed by atoms with Crippen LogP contribution in [0.15, 0.2) is 53.0 Å². The molecule has 0 bridgehead atoms. The lowest BCUT2D eigenvalue weighted by atomic mass is 9.81. The molecule has 1 aliphatic carbocycles. The Morgan fingerprint density at radius 3 is 2.86 bits per heavy atom. The summed E-state index contributed by atoms with van der Waals surface area (Å²) >= 11 is 5.28. The number of carbonyl (C=O) groups is 1. The third-order valence-electron chi connectivity index (χ3n) is 5.45. The number of para-hydroxylation sites is 1. The number of thiophene rings is 1. The number of allylic oxidation sites excluding steroid dienone is 1. The molecule has 1 aliphatic rings. The molecule has 0 saturated heterocycles. The SMILES string of the molecule is CC1C/C(=C\c2cc3ccc(Br)cc3s2)c2nc3ccccc3c(C(=O)O)c2C1. The van der Waals surface area contributed by atoms with Crippen molar-refractivity contribution in [3.63, 3.8) is 0 Å². The van der Waals surface area contributed by atoms with Gasteiger partial charge in [0.25, 0.3) is 0 Å². The predicted octanol–water partition coefficient (Wildman–Crippen LogP) is 7.03. The second-order valence-electron chi connectivity index (χ2n) is 7.65. The number of halogens is 1. The van der Waals surface area contributed by atoms with E-state index in [2.05, 4.69) is 53.2 Å². The average molecular weight is 464 g/mol. The highest BCUT2D eigenvalue weighted by Gasteiger charge is 2.28. The minimum atomic E-state index is -0.875. The van der Waals surface area contributed by atoms with E-state index in [1.807, 2.05) is 24.3 Å². The Kier molecular flexibility index (Phi) is 4.52. The number of benzene rings is 2. The van der Waals surface area contributed by atoms with Crippen LogP contribution in [-0.4, -0.2) is 16.1 Å². The third kappa shape index (κ3) is 3.28. The third-order valence-corrected chi connectivity index (χ3v) is 6.99. The summed E-state index contributed by atoms with van der Waals surface area (Å²) in [6.45, 7) is 2.18. The van der Waals surface area contributed by atoms with Crippen molar-refractivity contribution in [2.45, 2.75) is 19.8 Å². The molecule has 4 aromatic rings. The monoisotopic (exact) mass is 463 g/mol. The summed E-state index contributed by atoms with van der Waals surface area (Å²) in [6.07, 6.45) is 3.83. The Morgan fingerprint density at radius 1 is 1.21 bits per heavy atom. The molecule has 0 saturated carbocycles. The Hall–Kier alpha value is -2.50. The maximum Gasteiger partial charge on any atom is 0.336 e. The van der Waals surface area contributed by atoms with Crippen LogP contribution in [0.3, 0.4) is 0 Å². The Labute approximate surface area is 180 Å². The summed E-state index contributed by atoms with van der Waals surface area (Å²) in [5.74, 6) is -0.502. The minimum Gasteiger partial charge on any atom is -0.478 e. The summed E-state index contributed by atoms with van der Waals surface area (Å²) < 4.78 is 2.30. The summed E-state index contributed by atoms with van der Waals surface area (Å²) in [5, 5.41) is 11.9. The fourth-order valence-electron chi connectivity index (χ4n) is 4.25. The smallest absolute Gasteiger partial charge is 0.336 e. The summed E-state index contributed by atoms with van der Waals surface area (Å²) in [7, 11) is 0. The molecule has 3 nitrogen and oxygen atoms in total. The van der Waals surface area contributed by atoms with E-state index in [1.165, 1.54) is 15.0 Å². The maximum absolute atomic E-state index is 12.2. The van der Waals surface area contributed by atoms with Crippen LogP contribution in [-0.2, 0) is 6.42 Å². The molecule has 2 aromatic heterocycles. The number of nitrogens with zero attached hydrogens (tertiary/aromatic N) is 1. The van der Waals surface area contributed by atoms with Crippen molar-refractivity contribution in [3.8, 4) is 0 Å². The number of fused-ring (bicyclic) bond motifs is 3. The zero-order valence-electron chi connectivity index (χ0n) is 15.8. The number of hydrogen-bond acceptors (Lipinski definition) is 3. The van der Waals surface area contributed by atoms with Crippen molar-refractivity contribution < 1.29 is 9.90 Å². The summed E-state index contributed by atoms with van der Waals surface area (Å²) in [6, 6.07) is 16.0. The molecule has 1 N–H and O–H groups in total. The average Bonchev–Trinajstić information content (AvgIpc) is 3.07. The molecule has 0 spiro atoms. The number of carboxylic acid groups (broad SMARTS) is 1. The molecule has 1 atom stereocenters. The van der Waals surface area contributed by atoms with Crippen molar-refractivity contribution in [1.29, 1.82) is 0 Å². The molecule has 29 heavy (non-hydrogen) atoms. The van der Waals surface area contributed by atoms with Gasteiger partial charge in [0.05, 0.1) is 16.8 Å². The Bertz CT molecular complexity index is 1320. The van der Waals surface area contributed by atoms with Crippen molar-refractivity contribution in [3.05, 3.63) is 74.7 Å². The van der Waals surface area contributed by atoms with Gasteiger partial charge in [-0.1, -0.05) is 47.1 Å². The van der Waals surface area contributed by atoms with E-state index < -0.39 is 5.97 Å². The van der Waals surface area contributed by atoms with Gasteiger partial charge in [0.15, 0.2) is 0 Å². The van der Waals surface area contributed by atoms with Gasteiger partial charge in [-0.2, -0.15) is 0 Å². The lowest BCUT2D eigenvalue weighted by Gasteiger charge is -2.26. The molecular formula is C24H18BrNO2S. The fraction of sp³-hybridized carbons (Fsp3) is 0.167. The van der Waals surface area contributed by atoms with E-state index in [0.717, 1.165) is 45.0 Å². The topological polar surface area (TPSA) is 50.2 Å². The number of pyridine rings is 1. The number of aromatic carboxylic acids is 1. The number of carboxylic acids is 1. The molecule has 0 aliphatic heterocycles. The fourth-order valence-corrected chi connectivity index (χ4v) is 5.83. The van der Waals surface area contributed by atoms with Crippen LogP contribution < -0.4 is 0 Å². The number of hydrogen-bond donors (Lipinski definition) is 1. The first-order valence-electron chi connectivity index (χ1n) is 9.54. The van der Waals surface area contributed by atoms with E-state index in [4.69, 9.17) is 4.98 Å². The van der Waals surface area contributed by atoms with E-state index in [9.17, 15) is 9.90 Å². The maximum atomic E-state index is 12.2. The quantitative estimate of drug-likeness (QED) is 0.346. The van der Waals surface area contributed by atoms with Crippen LogP contribution in [0.2, 0.25) is 0 Å². The van der Waals surface area contributed by atoms with Crippen LogP contribution >= 0.6 is 27.3 Å². The van der Waals surface area contributed by atoms with Gasteiger partial charge >= 0.3 is 5.97 Å². The number of aromatic nitrogens is 1. The van der Waals surface area contributed by atoms with Crippen molar-refractivity contribution in [2.24, 2.45) is 5.92 Å². The molecule has 0 fully saturated rings. The van der Waals surface area contributed by atoms with Gasteiger partial charge in [0.2, 0.25) is 0 Å². The lowest BCUT2D eigenvalue weighted by molar-refractivity contribution is 0.0697. The highest BCUT2D eigenvalue weighted by molar-refractivity contribution is 9.10. The summed E-state index contributed by atoms with van der Waals surface area (Å²) in [5.41, 5.74) is 3.98. The largest absolute Gasteiger partial charge is 0.478 e. The molecule has 2 aromatic carbocycles. The zero-order valence-corrected chi connectivity index (χ0v) is 18.2. The van der Waals surface area contributed by atoms with Crippen LogP contribution in [0.1, 0.15) is 39.8 Å². The van der Waals surface area contributed by atoms with E-state index in [-0.39, 0.29) is 0 Å². The second kappa shape index (κ2) is 7.08. The van der Waals surface area contributed by atoms with Crippen LogP contribution in [0.4, 0.5) is 0 Å². The molecule has 144 valence electrons.